The highest BCUT2D eigenvalue weighted by atomic mass is 19.4. The number of alkyl halides is 3. The van der Waals surface area contributed by atoms with Gasteiger partial charge >= 0.3 is 18.2 Å². The Kier molecular flexibility index (Phi) is 7.57. The molecule has 1 fully saturated rings. The molecule has 0 atom stereocenters. The van der Waals surface area contributed by atoms with Crippen LogP contribution in [0.15, 0.2) is 30.5 Å². The molecule has 3 rings (SSSR count). The molecule has 2 aromatic rings. The normalized spacial score (nSPS) is 15.3. The summed E-state index contributed by atoms with van der Waals surface area (Å²) in [5, 5.41) is 3.82. The third-order valence-corrected chi connectivity index (χ3v) is 5.50. The van der Waals surface area contributed by atoms with Crippen molar-refractivity contribution in [2.75, 3.05) is 19.7 Å². The number of piperidine rings is 1. The fraction of sp³-hybridized carbons (Fsp3) is 0.542. The van der Waals surface area contributed by atoms with Crippen molar-refractivity contribution in [2.45, 2.75) is 64.8 Å². The van der Waals surface area contributed by atoms with Crippen LogP contribution in [0.1, 0.15) is 73.6 Å². The van der Waals surface area contributed by atoms with E-state index in [1.165, 1.54) is 6.92 Å². The minimum Gasteiger partial charge on any atom is -0.462 e. The number of hydrogen-bond donors (Lipinski definition) is 0. The number of rotatable bonds is 5. The van der Waals surface area contributed by atoms with Gasteiger partial charge in [-0.05, 0) is 57.6 Å². The Hall–Kier alpha value is -3.04. The predicted octanol–water partition coefficient (Wildman–Crippen LogP) is 5.24. The summed E-state index contributed by atoms with van der Waals surface area (Å²) in [6.45, 7) is 7.91. The van der Waals surface area contributed by atoms with E-state index in [9.17, 15) is 22.8 Å². The van der Waals surface area contributed by atoms with Crippen molar-refractivity contribution in [1.82, 2.24) is 14.7 Å². The first-order valence-electron chi connectivity index (χ1n) is 11.3. The Balaban J connectivity index is 1.73. The van der Waals surface area contributed by atoms with Crippen molar-refractivity contribution < 1.29 is 32.2 Å². The van der Waals surface area contributed by atoms with Gasteiger partial charge in [0.25, 0.3) is 0 Å². The van der Waals surface area contributed by atoms with Crippen LogP contribution in [0.5, 0.6) is 0 Å². The number of ether oxygens (including phenoxy) is 2. The molecule has 0 N–H and O–H groups in total. The van der Waals surface area contributed by atoms with Crippen LogP contribution in [0.2, 0.25) is 0 Å². The fourth-order valence-electron chi connectivity index (χ4n) is 4.00. The Morgan fingerprint density at radius 2 is 1.82 bits per heavy atom. The number of benzene rings is 1. The largest absolute Gasteiger partial charge is 0.462 e. The molecule has 7 nitrogen and oxygen atoms in total. The van der Waals surface area contributed by atoms with E-state index in [1.54, 1.807) is 17.0 Å². The van der Waals surface area contributed by atoms with Crippen molar-refractivity contribution >= 4 is 12.1 Å². The fourth-order valence-corrected chi connectivity index (χ4v) is 4.00. The molecular formula is C24H30F3N3O4. The van der Waals surface area contributed by atoms with Gasteiger partial charge in [-0.25, -0.2) is 9.59 Å². The zero-order valence-corrected chi connectivity index (χ0v) is 19.8. The minimum absolute atomic E-state index is 0.0316. The van der Waals surface area contributed by atoms with Crippen LogP contribution in [0, 0.1) is 0 Å². The van der Waals surface area contributed by atoms with Crippen LogP contribution in [-0.2, 0) is 22.2 Å². The molecule has 2 heterocycles. The monoisotopic (exact) mass is 481 g/mol. The first-order chi connectivity index (χ1) is 15.9. The number of carbonyl (C=O) groups excluding carboxylic acids is 2. The highest BCUT2D eigenvalue weighted by molar-refractivity contribution is 5.90. The number of aromatic nitrogens is 2. The van der Waals surface area contributed by atoms with E-state index in [0.717, 1.165) is 29.3 Å². The van der Waals surface area contributed by atoms with E-state index in [1.807, 2.05) is 32.9 Å². The van der Waals surface area contributed by atoms with Crippen molar-refractivity contribution in [2.24, 2.45) is 0 Å². The van der Waals surface area contributed by atoms with E-state index < -0.39 is 29.0 Å². The van der Waals surface area contributed by atoms with Gasteiger partial charge in [0, 0.05) is 13.1 Å². The molecule has 0 spiro atoms. The quantitative estimate of drug-likeness (QED) is 0.546. The molecular weight excluding hydrogens is 451 g/mol. The van der Waals surface area contributed by atoms with Crippen LogP contribution in [0.4, 0.5) is 18.0 Å². The molecule has 1 aromatic heterocycles. The van der Waals surface area contributed by atoms with Crippen LogP contribution in [0.3, 0.4) is 0 Å². The molecule has 0 bridgehead atoms. The van der Waals surface area contributed by atoms with Crippen LogP contribution in [0.25, 0.3) is 0 Å². The molecule has 1 aliphatic heterocycles. The number of hydrogen-bond acceptors (Lipinski definition) is 5. The molecule has 1 saturated heterocycles. The van der Waals surface area contributed by atoms with Crippen molar-refractivity contribution in [3.63, 3.8) is 0 Å². The third-order valence-electron chi connectivity index (χ3n) is 5.50. The standard InChI is InChI=1S/C24H30F3N3O4/c1-5-33-21(31)19-14-28-30(20(19)24(25,26)27)15-16-7-6-8-18(13-16)17-9-11-29(12-10-17)22(32)34-23(2,3)4/h6-8,13-14,17H,5,9-12,15H2,1-4H3. The van der Waals surface area contributed by atoms with Crippen molar-refractivity contribution in [1.29, 1.82) is 0 Å². The molecule has 10 heteroatoms. The summed E-state index contributed by atoms with van der Waals surface area (Å²) < 4.78 is 52.1. The SMILES string of the molecule is CCOC(=O)c1cnn(Cc2cccc(C3CCN(C(=O)OC(C)(C)C)CC3)c2)c1C(F)(F)F. The second-order valence-corrected chi connectivity index (χ2v) is 9.27. The lowest BCUT2D eigenvalue weighted by Gasteiger charge is -2.33. The lowest BCUT2D eigenvalue weighted by atomic mass is 9.88. The maximum Gasteiger partial charge on any atom is 0.433 e. The van der Waals surface area contributed by atoms with Gasteiger partial charge in [-0.1, -0.05) is 24.3 Å². The third kappa shape index (κ3) is 6.30. The zero-order valence-electron chi connectivity index (χ0n) is 19.8. The molecule has 34 heavy (non-hydrogen) atoms. The lowest BCUT2D eigenvalue weighted by molar-refractivity contribution is -0.144. The van der Waals surface area contributed by atoms with Gasteiger partial charge in [-0.15, -0.1) is 0 Å². The Labute approximate surface area is 196 Å². The van der Waals surface area contributed by atoms with Crippen LogP contribution in [-0.4, -0.2) is 52.0 Å². The van der Waals surface area contributed by atoms with Crippen LogP contribution >= 0.6 is 0 Å². The molecule has 0 saturated carbocycles. The summed E-state index contributed by atoms with van der Waals surface area (Å²) in [6, 6.07) is 7.33. The molecule has 1 aliphatic rings. The topological polar surface area (TPSA) is 73.7 Å². The van der Waals surface area contributed by atoms with E-state index in [-0.39, 0.29) is 25.2 Å². The molecule has 0 aliphatic carbocycles. The Bertz CT molecular complexity index is 1020. The maximum absolute atomic E-state index is 13.7. The average Bonchev–Trinajstić information content (AvgIpc) is 3.17. The van der Waals surface area contributed by atoms with Gasteiger partial charge in [0.05, 0.1) is 19.3 Å². The van der Waals surface area contributed by atoms with Gasteiger partial charge in [0.15, 0.2) is 5.69 Å². The van der Waals surface area contributed by atoms with E-state index in [2.05, 4.69) is 5.10 Å². The van der Waals surface area contributed by atoms with Gasteiger partial charge in [0.1, 0.15) is 11.2 Å². The minimum atomic E-state index is -4.76. The molecule has 1 amide bonds. The maximum atomic E-state index is 13.7. The Morgan fingerprint density at radius 3 is 2.41 bits per heavy atom. The van der Waals surface area contributed by atoms with Crippen LogP contribution < -0.4 is 0 Å². The Morgan fingerprint density at radius 1 is 1.15 bits per heavy atom. The smallest absolute Gasteiger partial charge is 0.433 e. The van der Waals surface area contributed by atoms with E-state index in [0.29, 0.717) is 18.7 Å². The molecule has 0 unspecified atom stereocenters. The summed E-state index contributed by atoms with van der Waals surface area (Å²) in [5.41, 5.74) is -0.650. The lowest BCUT2D eigenvalue weighted by Crippen LogP contribution is -2.41. The summed E-state index contributed by atoms with van der Waals surface area (Å²) in [5.74, 6) is -0.875. The first-order valence-corrected chi connectivity index (χ1v) is 11.3. The molecule has 1 aromatic carbocycles. The highest BCUT2D eigenvalue weighted by Crippen LogP contribution is 2.33. The number of carbonyl (C=O) groups is 2. The number of amides is 1. The first kappa shape index (κ1) is 25.6. The summed E-state index contributed by atoms with van der Waals surface area (Å²) in [4.78, 5) is 25.9. The summed E-state index contributed by atoms with van der Waals surface area (Å²) in [7, 11) is 0. The summed E-state index contributed by atoms with van der Waals surface area (Å²) in [6.07, 6.45) is -2.74. The number of esters is 1. The van der Waals surface area contributed by atoms with Gasteiger partial charge < -0.3 is 14.4 Å². The number of halogens is 3. The van der Waals surface area contributed by atoms with E-state index >= 15 is 0 Å². The second-order valence-electron chi connectivity index (χ2n) is 9.27. The number of nitrogens with zero attached hydrogens (tertiary/aromatic N) is 3. The van der Waals surface area contributed by atoms with Crippen molar-refractivity contribution in [3.8, 4) is 0 Å². The van der Waals surface area contributed by atoms with Gasteiger partial charge in [0.2, 0.25) is 0 Å². The molecule has 186 valence electrons. The van der Waals surface area contributed by atoms with E-state index in [4.69, 9.17) is 9.47 Å². The second kappa shape index (κ2) is 10.1. The van der Waals surface area contributed by atoms with Gasteiger partial charge in [-0.2, -0.15) is 18.3 Å². The highest BCUT2D eigenvalue weighted by Gasteiger charge is 2.40. The number of likely N-dealkylation sites (tertiary alicyclic amines) is 1. The molecule has 0 radical (unpaired) electrons. The average molecular weight is 482 g/mol. The zero-order chi connectivity index (χ0) is 25.1. The summed E-state index contributed by atoms with van der Waals surface area (Å²) >= 11 is 0. The van der Waals surface area contributed by atoms with Gasteiger partial charge in [-0.3, -0.25) is 4.68 Å². The van der Waals surface area contributed by atoms with Crippen molar-refractivity contribution in [3.05, 3.63) is 52.8 Å². The predicted molar refractivity (Wildman–Crippen MR) is 119 cm³/mol.